The maximum absolute atomic E-state index is 5.43. The van der Waals surface area contributed by atoms with Crippen molar-refractivity contribution in [1.29, 1.82) is 0 Å². The van der Waals surface area contributed by atoms with Crippen LogP contribution in [0.4, 0.5) is 5.69 Å². The number of unbranched alkanes of at least 4 members (excludes halogenated alkanes) is 7. The number of hydrogen-bond donors (Lipinski definition) is 0. The molecule has 0 bridgehead atoms. The van der Waals surface area contributed by atoms with E-state index in [4.69, 9.17) is 4.99 Å². The van der Waals surface area contributed by atoms with Gasteiger partial charge in [-0.3, -0.25) is 0 Å². The molecule has 46 heavy (non-hydrogen) atoms. The van der Waals surface area contributed by atoms with Gasteiger partial charge in [-0.1, -0.05) is 0 Å². The van der Waals surface area contributed by atoms with Crippen LogP contribution in [0, 0.1) is 6.92 Å². The molecule has 2 heteroatoms. The van der Waals surface area contributed by atoms with Crippen molar-refractivity contribution in [3.05, 3.63) is 94.1 Å². The van der Waals surface area contributed by atoms with Crippen LogP contribution in [0.5, 0.6) is 0 Å². The topological polar surface area (TPSA) is 12.4 Å². The van der Waals surface area contributed by atoms with E-state index in [1.165, 1.54) is 133 Å². The second kappa shape index (κ2) is 20.7. The molecule has 0 spiro atoms. The summed E-state index contributed by atoms with van der Waals surface area (Å²) in [6, 6.07) is 23.2. The molecule has 0 heterocycles. The molecule has 3 aromatic rings. The molecule has 0 aliphatic heterocycles. The normalized spacial score (nSPS) is 12.8. The van der Waals surface area contributed by atoms with Crippen LogP contribution in [-0.2, 0) is 32.7 Å². The Labute approximate surface area is 288 Å². The van der Waals surface area contributed by atoms with Gasteiger partial charge in [0.1, 0.15) is 0 Å². The zero-order valence-electron chi connectivity index (χ0n) is 30.6. The van der Waals surface area contributed by atoms with E-state index in [1.807, 2.05) is 0 Å². The van der Waals surface area contributed by atoms with Crippen LogP contribution in [-0.4, -0.2) is 5.71 Å². The minimum absolute atomic E-state index is 0.0198. The summed E-state index contributed by atoms with van der Waals surface area (Å²) in [6.45, 7) is 16.1. The number of aliphatic imine (C=N–C) groups is 1. The zero-order valence-corrected chi connectivity index (χ0v) is 31.6. The Balaban J connectivity index is 2.11. The van der Waals surface area contributed by atoms with E-state index in [1.54, 1.807) is 4.54 Å². The number of hydrogen-bond acceptors (Lipinski definition) is 1. The van der Waals surface area contributed by atoms with Gasteiger partial charge in [0, 0.05) is 0 Å². The third-order valence-corrected chi connectivity index (χ3v) is 11.7. The van der Waals surface area contributed by atoms with Gasteiger partial charge in [-0.15, -0.1) is 0 Å². The molecule has 0 unspecified atom stereocenters. The molecule has 0 N–H and O–H groups in total. The van der Waals surface area contributed by atoms with Gasteiger partial charge in [-0.2, -0.15) is 0 Å². The minimum atomic E-state index is -0.0198. The Kier molecular flexibility index (Phi) is 17.1. The van der Waals surface area contributed by atoms with Crippen LogP contribution < -0.4 is 0 Å². The van der Waals surface area contributed by atoms with E-state index in [2.05, 4.69) is 115 Å². The van der Waals surface area contributed by atoms with E-state index in [9.17, 15) is 0 Å². The number of benzene rings is 3. The van der Waals surface area contributed by atoms with Crippen LogP contribution in [0.25, 0.3) is 15.7 Å². The van der Waals surface area contributed by atoms with Crippen molar-refractivity contribution in [2.75, 3.05) is 0 Å². The first-order chi connectivity index (χ1) is 22.4. The van der Waals surface area contributed by atoms with Crippen molar-refractivity contribution in [3.63, 3.8) is 0 Å². The van der Waals surface area contributed by atoms with E-state index in [0.717, 1.165) is 18.5 Å². The van der Waals surface area contributed by atoms with Crippen LogP contribution in [0.3, 0.4) is 0 Å². The first-order valence-corrected chi connectivity index (χ1v) is 20.6. The number of rotatable bonds is 20. The fraction of sp³-hybridized carbons (Fsp3) is 0.523. The molecule has 0 aromatic heterocycles. The predicted octanol–water partition coefficient (Wildman–Crippen LogP) is 14.3. The van der Waals surface area contributed by atoms with Crippen molar-refractivity contribution < 1.29 is 13.4 Å². The van der Waals surface area contributed by atoms with Crippen molar-refractivity contribution in [2.45, 2.75) is 150 Å². The third kappa shape index (κ3) is 11.4. The van der Waals surface area contributed by atoms with Crippen LogP contribution in [0.2, 0.25) is 11.3 Å². The molecule has 0 radical (unpaired) electrons. The molecule has 0 fully saturated rings. The summed E-state index contributed by atoms with van der Waals surface area (Å²) in [4.78, 5) is 5.43. The summed E-state index contributed by atoms with van der Waals surface area (Å²) in [5, 5.41) is 1.17. The SMILES string of the molecule is CCCCCCCCc1cc(CCCC)cc([C](=C(CC)C(C)=Nc2cc(CCCC)c(C)c(-c3ccccc3)c2)[Ni]([CH3])[CH2]C)c1. The maximum atomic E-state index is 5.43. The van der Waals surface area contributed by atoms with Gasteiger partial charge in [0.15, 0.2) is 0 Å². The second-order valence-electron chi connectivity index (χ2n) is 12.9. The average molecular weight is 666 g/mol. The van der Waals surface area contributed by atoms with Gasteiger partial charge in [0.25, 0.3) is 0 Å². The molecule has 0 aliphatic carbocycles. The Bertz CT molecular complexity index is 1400. The molecule has 0 saturated carbocycles. The van der Waals surface area contributed by atoms with E-state index in [0.29, 0.717) is 0 Å². The standard InChI is InChI=1S/C41H56N.C2H5.CH3.Ni/c1-7-11-14-15-16-18-22-35-26-34(21-12-8-2)27-36(28-35)29-37(10-4)33(6)42-40-30-39(23-13-9-3)32(5)41(31-40)38-24-19-17-20-25-38;1-2;;/h17,19-20,24-28,30-31H,7-16,18,21-23H2,1-6H3;1H2,2H3;1H3;. The van der Waals surface area contributed by atoms with E-state index < -0.39 is 0 Å². The Morgan fingerprint density at radius 3 is 1.91 bits per heavy atom. The summed E-state index contributed by atoms with van der Waals surface area (Å²) < 4.78 is 1.55. The quantitative estimate of drug-likeness (QED) is 0.0647. The summed E-state index contributed by atoms with van der Waals surface area (Å²) in [7, 11) is 0. The van der Waals surface area contributed by atoms with E-state index >= 15 is 0 Å². The van der Waals surface area contributed by atoms with Crippen LogP contribution >= 0.6 is 0 Å². The number of allylic oxidation sites excluding steroid dienone is 1. The Hall–Kier alpha value is -2.44. The number of aryl methyl sites for hydroxylation is 3. The van der Waals surface area contributed by atoms with Crippen molar-refractivity contribution in [3.8, 4) is 11.1 Å². The summed E-state index contributed by atoms with van der Waals surface area (Å²) in [5.41, 5.74) is 13.6. The van der Waals surface area contributed by atoms with Crippen molar-refractivity contribution in [1.82, 2.24) is 0 Å². The van der Waals surface area contributed by atoms with Crippen LogP contribution in [0.15, 0.2) is 71.2 Å². The molecule has 1 nitrogen and oxygen atoms in total. The first kappa shape index (κ1) is 38.0. The monoisotopic (exact) mass is 664 g/mol. The number of nitrogens with zero attached hydrogens (tertiary/aromatic N) is 1. The van der Waals surface area contributed by atoms with Gasteiger partial charge in [0.05, 0.1) is 0 Å². The Morgan fingerprint density at radius 2 is 1.28 bits per heavy atom. The van der Waals surface area contributed by atoms with Gasteiger partial charge in [-0.25, -0.2) is 0 Å². The van der Waals surface area contributed by atoms with Gasteiger partial charge in [-0.05, 0) is 0 Å². The Morgan fingerprint density at radius 1 is 0.674 bits per heavy atom. The molecule has 0 aliphatic rings. The zero-order chi connectivity index (χ0) is 33.3. The summed E-state index contributed by atoms with van der Waals surface area (Å²) in [5.74, 6) is 2.46. The molecule has 3 rings (SSSR count). The fourth-order valence-electron chi connectivity index (χ4n) is 6.44. The molecule has 3 aromatic carbocycles. The molecular formula is C44H64NNi. The molecule has 0 saturated heterocycles. The molecule has 0 atom stereocenters. The van der Waals surface area contributed by atoms with Crippen molar-refractivity contribution >= 4 is 15.9 Å². The van der Waals surface area contributed by atoms with E-state index in [-0.39, 0.29) is 13.4 Å². The molecular weight excluding hydrogens is 601 g/mol. The molecule has 0 amide bonds. The van der Waals surface area contributed by atoms with Crippen molar-refractivity contribution in [2.24, 2.45) is 4.99 Å². The summed E-state index contributed by atoms with van der Waals surface area (Å²) in [6.07, 6.45) is 17.5. The molecule has 255 valence electrons. The van der Waals surface area contributed by atoms with Crippen LogP contribution in [0.1, 0.15) is 140 Å². The second-order valence-corrected chi connectivity index (χ2v) is 15.7. The van der Waals surface area contributed by atoms with Gasteiger partial charge < -0.3 is 0 Å². The first-order valence-electron chi connectivity index (χ1n) is 18.4. The summed E-state index contributed by atoms with van der Waals surface area (Å²) >= 11 is -0.0198. The predicted molar refractivity (Wildman–Crippen MR) is 204 cm³/mol. The fourth-order valence-corrected chi connectivity index (χ4v) is 8.28. The average Bonchev–Trinajstić information content (AvgIpc) is 3.07. The van der Waals surface area contributed by atoms with Gasteiger partial charge in [0.2, 0.25) is 0 Å². The van der Waals surface area contributed by atoms with Gasteiger partial charge >= 0.3 is 289 Å². The third-order valence-electron chi connectivity index (χ3n) is 9.25.